The van der Waals surface area contributed by atoms with Crippen LogP contribution in [-0.4, -0.2) is 13.2 Å². The summed E-state index contributed by atoms with van der Waals surface area (Å²) in [6, 6.07) is 13.7. The Bertz CT molecular complexity index is 583. The molecule has 2 aromatic carbocycles. The Hall–Kier alpha value is -1.87. The summed E-state index contributed by atoms with van der Waals surface area (Å²) in [6.07, 6.45) is 0. The molecule has 1 aliphatic rings. The maximum atomic E-state index is 6.07. The van der Waals surface area contributed by atoms with Gasteiger partial charge in [-0.15, -0.1) is 0 Å². The van der Waals surface area contributed by atoms with Crippen LogP contribution in [0.5, 0.6) is 5.75 Å². The van der Waals surface area contributed by atoms with Crippen molar-refractivity contribution in [3.8, 4) is 5.75 Å². The van der Waals surface area contributed by atoms with Crippen molar-refractivity contribution in [2.45, 2.75) is 6.54 Å². The number of hydrogen-bond donors (Lipinski definition) is 1. The van der Waals surface area contributed by atoms with Crippen LogP contribution in [0.2, 0.25) is 5.02 Å². The first-order chi connectivity index (χ1) is 9.24. The summed E-state index contributed by atoms with van der Waals surface area (Å²) in [7, 11) is 0. The Labute approximate surface area is 117 Å². The van der Waals surface area contributed by atoms with E-state index in [0.717, 1.165) is 35.2 Å². The van der Waals surface area contributed by atoms with Gasteiger partial charge in [-0.1, -0.05) is 29.8 Å². The number of halogens is 1. The summed E-state index contributed by atoms with van der Waals surface area (Å²) in [6.45, 7) is 2.33. The Balaban J connectivity index is 1.89. The quantitative estimate of drug-likeness (QED) is 0.854. The first-order valence-electron chi connectivity index (χ1n) is 6.25. The first kappa shape index (κ1) is 12.2. The topological polar surface area (TPSA) is 38.5 Å². The summed E-state index contributed by atoms with van der Waals surface area (Å²) in [4.78, 5) is 2.25. The third-order valence-electron chi connectivity index (χ3n) is 3.25. The molecule has 0 spiro atoms. The van der Waals surface area contributed by atoms with Crippen molar-refractivity contribution in [1.29, 1.82) is 0 Å². The average Bonchev–Trinajstić information content (AvgIpc) is 2.42. The summed E-state index contributed by atoms with van der Waals surface area (Å²) in [5, 5.41) is 0.755. The zero-order valence-corrected chi connectivity index (χ0v) is 11.2. The van der Waals surface area contributed by atoms with Gasteiger partial charge in [-0.2, -0.15) is 0 Å². The van der Waals surface area contributed by atoms with E-state index in [-0.39, 0.29) is 0 Å². The third kappa shape index (κ3) is 2.47. The number of anilines is 2. The van der Waals surface area contributed by atoms with Crippen LogP contribution in [0.3, 0.4) is 0 Å². The van der Waals surface area contributed by atoms with Gasteiger partial charge in [0.2, 0.25) is 0 Å². The lowest BCUT2D eigenvalue weighted by Crippen LogP contribution is -2.32. The van der Waals surface area contributed by atoms with E-state index in [2.05, 4.69) is 4.90 Å². The fourth-order valence-corrected chi connectivity index (χ4v) is 2.47. The Morgan fingerprint density at radius 1 is 1.16 bits per heavy atom. The number of benzene rings is 2. The monoisotopic (exact) mass is 274 g/mol. The molecule has 2 N–H and O–H groups in total. The van der Waals surface area contributed by atoms with E-state index in [1.54, 1.807) is 0 Å². The van der Waals surface area contributed by atoms with Gasteiger partial charge in [-0.25, -0.2) is 0 Å². The van der Waals surface area contributed by atoms with Gasteiger partial charge in [0, 0.05) is 11.6 Å². The van der Waals surface area contributed by atoms with E-state index in [1.165, 1.54) is 5.56 Å². The maximum Gasteiger partial charge on any atom is 0.144 e. The molecule has 98 valence electrons. The number of rotatable bonds is 2. The van der Waals surface area contributed by atoms with Crippen LogP contribution in [0, 0.1) is 0 Å². The summed E-state index contributed by atoms with van der Waals surface area (Å²) in [5.74, 6) is 0.861. The smallest absolute Gasteiger partial charge is 0.144 e. The van der Waals surface area contributed by atoms with Crippen molar-refractivity contribution in [1.82, 2.24) is 0 Å². The number of ether oxygens (including phenoxy) is 1. The predicted octanol–water partition coefficient (Wildman–Crippen LogP) is 3.32. The SMILES string of the molecule is Nc1cccc2c1N(Cc1ccc(Cl)cc1)CCO2. The minimum atomic E-state index is 0.685. The molecule has 0 bridgehead atoms. The van der Waals surface area contributed by atoms with Crippen LogP contribution in [-0.2, 0) is 6.54 Å². The number of nitrogens with zero attached hydrogens (tertiary/aromatic N) is 1. The van der Waals surface area contributed by atoms with E-state index in [0.29, 0.717) is 6.61 Å². The maximum absolute atomic E-state index is 6.07. The average molecular weight is 275 g/mol. The Morgan fingerprint density at radius 3 is 2.74 bits per heavy atom. The van der Waals surface area contributed by atoms with Crippen molar-refractivity contribution in [2.75, 3.05) is 23.8 Å². The minimum absolute atomic E-state index is 0.685. The fourth-order valence-electron chi connectivity index (χ4n) is 2.34. The highest BCUT2D eigenvalue weighted by atomic mass is 35.5. The molecule has 0 radical (unpaired) electrons. The lowest BCUT2D eigenvalue weighted by atomic mass is 10.1. The minimum Gasteiger partial charge on any atom is -0.489 e. The zero-order chi connectivity index (χ0) is 13.2. The molecule has 3 nitrogen and oxygen atoms in total. The first-order valence-corrected chi connectivity index (χ1v) is 6.62. The van der Waals surface area contributed by atoms with Gasteiger partial charge in [0.25, 0.3) is 0 Å². The van der Waals surface area contributed by atoms with E-state index in [1.807, 2.05) is 42.5 Å². The van der Waals surface area contributed by atoms with Gasteiger partial charge in [-0.05, 0) is 29.8 Å². The van der Waals surface area contributed by atoms with Crippen molar-refractivity contribution >= 4 is 23.0 Å². The molecular weight excluding hydrogens is 260 g/mol. The normalized spacial score (nSPS) is 13.8. The van der Waals surface area contributed by atoms with E-state index >= 15 is 0 Å². The molecule has 0 aliphatic carbocycles. The van der Waals surface area contributed by atoms with E-state index < -0.39 is 0 Å². The van der Waals surface area contributed by atoms with Crippen molar-refractivity contribution in [3.63, 3.8) is 0 Å². The van der Waals surface area contributed by atoms with Crippen LogP contribution >= 0.6 is 11.6 Å². The lowest BCUT2D eigenvalue weighted by Gasteiger charge is -2.32. The zero-order valence-electron chi connectivity index (χ0n) is 10.5. The standard InChI is InChI=1S/C15H15ClN2O/c16-12-6-4-11(5-7-12)10-18-8-9-19-14-3-1-2-13(17)15(14)18/h1-7H,8-10,17H2. The number of nitrogens with two attached hydrogens (primary N) is 1. The second-order valence-electron chi connectivity index (χ2n) is 4.59. The number of para-hydroxylation sites is 1. The summed E-state index contributed by atoms with van der Waals surface area (Å²) >= 11 is 5.91. The highest BCUT2D eigenvalue weighted by Crippen LogP contribution is 2.37. The van der Waals surface area contributed by atoms with Gasteiger partial charge in [-0.3, -0.25) is 0 Å². The predicted molar refractivity (Wildman–Crippen MR) is 78.9 cm³/mol. The molecule has 0 saturated heterocycles. The molecule has 4 heteroatoms. The molecule has 0 unspecified atom stereocenters. The molecule has 3 rings (SSSR count). The number of nitrogen functional groups attached to an aromatic ring is 1. The second-order valence-corrected chi connectivity index (χ2v) is 5.03. The van der Waals surface area contributed by atoms with Gasteiger partial charge in [0.15, 0.2) is 0 Å². The highest BCUT2D eigenvalue weighted by Gasteiger charge is 2.20. The molecule has 0 saturated carbocycles. The van der Waals surface area contributed by atoms with Crippen molar-refractivity contribution in [3.05, 3.63) is 53.1 Å². The molecule has 1 heterocycles. The van der Waals surface area contributed by atoms with E-state index in [4.69, 9.17) is 22.1 Å². The van der Waals surface area contributed by atoms with Crippen LogP contribution in [0.25, 0.3) is 0 Å². The second kappa shape index (κ2) is 5.02. The molecule has 1 aliphatic heterocycles. The van der Waals surface area contributed by atoms with Crippen molar-refractivity contribution < 1.29 is 4.74 Å². The van der Waals surface area contributed by atoms with E-state index in [9.17, 15) is 0 Å². The molecule has 19 heavy (non-hydrogen) atoms. The highest BCUT2D eigenvalue weighted by molar-refractivity contribution is 6.30. The molecule has 0 fully saturated rings. The third-order valence-corrected chi connectivity index (χ3v) is 3.50. The molecule has 0 aromatic heterocycles. The van der Waals surface area contributed by atoms with Crippen LogP contribution in [0.15, 0.2) is 42.5 Å². The summed E-state index contributed by atoms with van der Waals surface area (Å²) in [5.41, 5.74) is 9.02. The largest absolute Gasteiger partial charge is 0.489 e. The van der Waals surface area contributed by atoms with Crippen LogP contribution in [0.4, 0.5) is 11.4 Å². The van der Waals surface area contributed by atoms with Gasteiger partial charge in [0.05, 0.1) is 12.2 Å². The fraction of sp³-hybridized carbons (Fsp3) is 0.200. The van der Waals surface area contributed by atoms with Gasteiger partial charge in [0.1, 0.15) is 18.0 Å². The van der Waals surface area contributed by atoms with Crippen LogP contribution in [0.1, 0.15) is 5.56 Å². The molecule has 0 atom stereocenters. The van der Waals surface area contributed by atoms with Crippen LogP contribution < -0.4 is 15.4 Å². The molecular formula is C15H15ClN2O. The van der Waals surface area contributed by atoms with Crippen molar-refractivity contribution in [2.24, 2.45) is 0 Å². The number of fused-ring (bicyclic) bond motifs is 1. The lowest BCUT2D eigenvalue weighted by molar-refractivity contribution is 0.307. The number of hydrogen-bond acceptors (Lipinski definition) is 3. The Morgan fingerprint density at radius 2 is 1.95 bits per heavy atom. The van der Waals surface area contributed by atoms with Gasteiger partial charge < -0.3 is 15.4 Å². The molecule has 0 amide bonds. The Kier molecular flexibility index (Phi) is 3.22. The van der Waals surface area contributed by atoms with Gasteiger partial charge >= 0.3 is 0 Å². The summed E-state index contributed by atoms with van der Waals surface area (Å²) < 4.78 is 5.65. The molecule has 2 aromatic rings.